The van der Waals surface area contributed by atoms with Crippen LogP contribution in [0.15, 0.2) is 53.1 Å². The summed E-state index contributed by atoms with van der Waals surface area (Å²) in [7, 11) is 0. The molecule has 0 saturated carbocycles. The highest BCUT2D eigenvalue weighted by atomic mass is 79.9. The third kappa shape index (κ3) is 4.32. The summed E-state index contributed by atoms with van der Waals surface area (Å²) < 4.78 is 43.1. The zero-order valence-electron chi connectivity index (χ0n) is 16.8. The number of hydrogen-bond donors (Lipinski definition) is 2. The molecule has 0 fully saturated rings. The van der Waals surface area contributed by atoms with E-state index in [0.717, 1.165) is 20.3 Å². The molecule has 2 aromatic carbocycles. The van der Waals surface area contributed by atoms with Crippen LogP contribution in [-0.4, -0.2) is 21.9 Å². The van der Waals surface area contributed by atoms with Crippen LogP contribution in [-0.2, 0) is 0 Å². The van der Waals surface area contributed by atoms with Crippen molar-refractivity contribution in [3.05, 3.63) is 75.4 Å². The number of aryl methyl sites for hydroxylation is 2. The molecule has 0 saturated heterocycles. The molecule has 0 aliphatic carbocycles. The Labute approximate surface area is 185 Å². The largest absolute Gasteiger partial charge is 0.410 e. The number of alkyl halides is 3. The molecule has 1 aliphatic rings. The van der Waals surface area contributed by atoms with Crippen LogP contribution < -0.4 is 10.6 Å². The number of carbonyl (C=O) groups excluding carboxylic acids is 1. The van der Waals surface area contributed by atoms with Crippen LogP contribution in [0.2, 0.25) is 0 Å². The Morgan fingerprint density at radius 2 is 1.87 bits per heavy atom. The number of nitrogens with zero attached hydrogens (tertiary/aromatic N) is 2. The number of nitrogens with one attached hydrogen (secondary N) is 2. The quantitative estimate of drug-likeness (QED) is 0.459. The number of amides is 1. The third-order valence-corrected chi connectivity index (χ3v) is 6.05. The standard InChI is InChI=1S/C22H20BrF3N4O/c1-12-3-8-16(9-13(12)2)28-21(31)17-11-27-30-19(22(24,25)26)10-18(29-20(17)30)14-4-6-15(23)7-5-14/h3-9,11,18-19,29H,10H2,1-2H3,(H,28,31)/t18-,19-/m1/s1. The lowest BCUT2D eigenvalue weighted by atomic mass is 9.96. The first-order valence-corrected chi connectivity index (χ1v) is 10.5. The molecular formula is C22H20BrF3N4O. The molecule has 2 heterocycles. The van der Waals surface area contributed by atoms with E-state index in [4.69, 9.17) is 0 Å². The van der Waals surface area contributed by atoms with E-state index in [0.29, 0.717) is 11.3 Å². The molecule has 1 aromatic heterocycles. The lowest BCUT2D eigenvalue weighted by Crippen LogP contribution is -2.36. The smallest absolute Gasteiger partial charge is 0.363 e. The van der Waals surface area contributed by atoms with Crippen molar-refractivity contribution in [2.45, 2.75) is 38.5 Å². The maximum atomic E-state index is 13.8. The number of rotatable bonds is 3. The van der Waals surface area contributed by atoms with Gasteiger partial charge in [0.2, 0.25) is 0 Å². The monoisotopic (exact) mass is 492 g/mol. The summed E-state index contributed by atoms with van der Waals surface area (Å²) in [5.41, 5.74) is 3.41. The van der Waals surface area contributed by atoms with Gasteiger partial charge in [-0.2, -0.15) is 18.3 Å². The lowest BCUT2D eigenvalue weighted by Gasteiger charge is -2.34. The van der Waals surface area contributed by atoms with Crippen LogP contribution in [0.25, 0.3) is 0 Å². The van der Waals surface area contributed by atoms with Gasteiger partial charge in [-0.3, -0.25) is 4.79 Å². The normalized spacial score (nSPS) is 18.3. The van der Waals surface area contributed by atoms with E-state index in [-0.39, 0.29) is 17.8 Å². The summed E-state index contributed by atoms with van der Waals surface area (Å²) in [6.45, 7) is 3.88. The van der Waals surface area contributed by atoms with Gasteiger partial charge in [0.05, 0.1) is 12.2 Å². The second-order valence-electron chi connectivity index (χ2n) is 7.65. The number of benzene rings is 2. The van der Waals surface area contributed by atoms with Crippen molar-refractivity contribution in [1.29, 1.82) is 0 Å². The fraction of sp³-hybridized carbons (Fsp3) is 0.273. The number of aromatic nitrogens is 2. The second kappa shape index (κ2) is 8.03. The van der Waals surface area contributed by atoms with Gasteiger partial charge < -0.3 is 10.6 Å². The molecule has 162 valence electrons. The second-order valence-corrected chi connectivity index (χ2v) is 8.56. The molecule has 2 atom stereocenters. The van der Waals surface area contributed by atoms with Crippen LogP contribution in [0, 0.1) is 13.8 Å². The van der Waals surface area contributed by atoms with Crippen molar-refractivity contribution in [2.24, 2.45) is 0 Å². The van der Waals surface area contributed by atoms with Crippen LogP contribution in [0.4, 0.5) is 24.7 Å². The Balaban J connectivity index is 1.68. The molecule has 1 aliphatic heterocycles. The van der Waals surface area contributed by atoms with Crippen molar-refractivity contribution in [1.82, 2.24) is 9.78 Å². The van der Waals surface area contributed by atoms with Crippen molar-refractivity contribution < 1.29 is 18.0 Å². The van der Waals surface area contributed by atoms with E-state index in [2.05, 4.69) is 31.7 Å². The first kappa shape index (κ1) is 21.4. The molecule has 9 heteroatoms. The molecule has 4 rings (SSSR count). The third-order valence-electron chi connectivity index (χ3n) is 5.52. The molecule has 1 amide bonds. The summed E-state index contributed by atoms with van der Waals surface area (Å²) in [4.78, 5) is 12.9. The zero-order valence-corrected chi connectivity index (χ0v) is 18.4. The number of fused-ring (bicyclic) bond motifs is 1. The SMILES string of the molecule is Cc1ccc(NC(=O)c2cnn3c2N[C@@H](c2ccc(Br)cc2)C[C@@H]3C(F)(F)F)cc1C. The number of carbonyl (C=O) groups is 1. The molecule has 0 spiro atoms. The van der Waals surface area contributed by atoms with E-state index in [1.807, 2.05) is 26.0 Å². The fourth-order valence-electron chi connectivity index (χ4n) is 3.66. The molecule has 3 aromatic rings. The summed E-state index contributed by atoms with van der Waals surface area (Å²) in [5, 5.41) is 9.76. The molecule has 2 N–H and O–H groups in total. The molecule has 5 nitrogen and oxygen atoms in total. The van der Waals surface area contributed by atoms with Crippen LogP contribution in [0.3, 0.4) is 0 Å². The molecule has 0 bridgehead atoms. The van der Waals surface area contributed by atoms with Gasteiger partial charge in [0.25, 0.3) is 5.91 Å². The predicted molar refractivity (Wildman–Crippen MR) is 116 cm³/mol. The maximum Gasteiger partial charge on any atom is 0.410 e. The number of anilines is 2. The van der Waals surface area contributed by atoms with Gasteiger partial charge in [0, 0.05) is 16.6 Å². The number of hydrogen-bond acceptors (Lipinski definition) is 3. The van der Waals surface area contributed by atoms with Gasteiger partial charge in [0.15, 0.2) is 6.04 Å². The Hall–Kier alpha value is -2.81. The molecular weight excluding hydrogens is 473 g/mol. The van der Waals surface area contributed by atoms with Crippen LogP contribution >= 0.6 is 15.9 Å². The lowest BCUT2D eigenvalue weighted by molar-refractivity contribution is -0.173. The Kier molecular flexibility index (Phi) is 5.55. The highest BCUT2D eigenvalue weighted by molar-refractivity contribution is 9.10. The van der Waals surface area contributed by atoms with E-state index in [1.54, 1.807) is 30.3 Å². The molecule has 0 unspecified atom stereocenters. The zero-order chi connectivity index (χ0) is 22.3. The minimum absolute atomic E-state index is 0.0582. The van der Waals surface area contributed by atoms with Gasteiger partial charge in [-0.05, 0) is 54.8 Å². The average Bonchev–Trinajstić information content (AvgIpc) is 3.14. The van der Waals surface area contributed by atoms with Crippen molar-refractivity contribution >= 4 is 33.3 Å². The summed E-state index contributed by atoms with van der Waals surface area (Å²) in [6, 6.07) is 10.1. The van der Waals surface area contributed by atoms with Crippen molar-refractivity contribution in [3.63, 3.8) is 0 Å². The van der Waals surface area contributed by atoms with Crippen molar-refractivity contribution in [3.8, 4) is 0 Å². The van der Waals surface area contributed by atoms with Gasteiger partial charge >= 0.3 is 6.18 Å². The maximum absolute atomic E-state index is 13.8. The predicted octanol–water partition coefficient (Wildman–Crippen LogP) is 6.18. The Bertz CT molecular complexity index is 1120. The highest BCUT2D eigenvalue weighted by Gasteiger charge is 2.47. The van der Waals surface area contributed by atoms with E-state index < -0.39 is 24.2 Å². The van der Waals surface area contributed by atoms with Crippen LogP contribution in [0.5, 0.6) is 0 Å². The molecule has 0 radical (unpaired) electrons. The average molecular weight is 493 g/mol. The van der Waals surface area contributed by atoms with Crippen molar-refractivity contribution in [2.75, 3.05) is 10.6 Å². The minimum atomic E-state index is -4.50. The van der Waals surface area contributed by atoms with E-state index in [1.165, 1.54) is 6.20 Å². The first-order chi connectivity index (χ1) is 14.6. The van der Waals surface area contributed by atoms with Crippen LogP contribution in [0.1, 0.15) is 45.6 Å². The van der Waals surface area contributed by atoms with Gasteiger partial charge in [-0.15, -0.1) is 0 Å². The Morgan fingerprint density at radius 3 is 2.52 bits per heavy atom. The first-order valence-electron chi connectivity index (χ1n) is 9.68. The summed E-state index contributed by atoms with van der Waals surface area (Å²) in [6.07, 6.45) is -3.54. The van der Waals surface area contributed by atoms with Gasteiger partial charge in [0.1, 0.15) is 11.4 Å². The highest BCUT2D eigenvalue weighted by Crippen LogP contribution is 2.44. The van der Waals surface area contributed by atoms with E-state index in [9.17, 15) is 18.0 Å². The van der Waals surface area contributed by atoms with E-state index >= 15 is 0 Å². The topological polar surface area (TPSA) is 59.0 Å². The molecule has 31 heavy (non-hydrogen) atoms. The minimum Gasteiger partial charge on any atom is -0.363 e. The summed E-state index contributed by atoms with van der Waals surface area (Å²) in [5.74, 6) is -0.461. The number of halogens is 4. The van der Waals surface area contributed by atoms with Gasteiger partial charge in [-0.25, -0.2) is 4.68 Å². The Morgan fingerprint density at radius 1 is 1.16 bits per heavy atom. The fourth-order valence-corrected chi connectivity index (χ4v) is 3.92. The van der Waals surface area contributed by atoms with Gasteiger partial charge in [-0.1, -0.05) is 34.1 Å². The summed E-state index contributed by atoms with van der Waals surface area (Å²) >= 11 is 3.34.